The van der Waals surface area contributed by atoms with Gasteiger partial charge in [0.15, 0.2) is 5.11 Å². The molecule has 1 saturated heterocycles. The molecule has 0 radical (unpaired) electrons. The molecule has 2 aromatic carbocycles. The summed E-state index contributed by atoms with van der Waals surface area (Å²) in [5.74, 6) is 1.64. The first-order chi connectivity index (χ1) is 13.5. The van der Waals surface area contributed by atoms with Gasteiger partial charge >= 0.3 is 0 Å². The Balaban J connectivity index is 1.53. The Hall–Kier alpha value is -2.27. The minimum Gasteiger partial charge on any atom is -0.494 e. The van der Waals surface area contributed by atoms with Gasteiger partial charge in [0.05, 0.1) is 12.6 Å². The van der Waals surface area contributed by atoms with Gasteiger partial charge in [-0.05, 0) is 86.8 Å². The first-order valence-electron chi connectivity index (χ1n) is 10.2. The van der Waals surface area contributed by atoms with Gasteiger partial charge in [-0.2, -0.15) is 0 Å². The Labute approximate surface area is 174 Å². The van der Waals surface area contributed by atoms with E-state index in [9.17, 15) is 0 Å². The van der Waals surface area contributed by atoms with Gasteiger partial charge in [-0.1, -0.05) is 19.1 Å². The van der Waals surface area contributed by atoms with Crippen LogP contribution in [0.25, 0.3) is 0 Å². The molecule has 0 saturated carbocycles. The zero-order valence-corrected chi connectivity index (χ0v) is 17.9. The summed E-state index contributed by atoms with van der Waals surface area (Å²) < 4.78 is 5.47. The summed E-state index contributed by atoms with van der Waals surface area (Å²) in [6.45, 7) is 9.43. The minimum absolute atomic E-state index is 0.136. The van der Waals surface area contributed by atoms with Crippen LogP contribution in [-0.2, 0) is 0 Å². The number of anilines is 2. The number of hydrogen-bond donors (Lipinski definition) is 2. The molecule has 0 aliphatic carbocycles. The van der Waals surface area contributed by atoms with E-state index >= 15 is 0 Å². The summed E-state index contributed by atoms with van der Waals surface area (Å²) in [6.07, 6.45) is 2.63. The van der Waals surface area contributed by atoms with Gasteiger partial charge in [0.1, 0.15) is 5.75 Å². The Morgan fingerprint density at radius 1 is 1.18 bits per heavy atom. The number of thiocarbonyl (C=S) groups is 1. The minimum atomic E-state index is 0.136. The highest BCUT2D eigenvalue weighted by Gasteiger charge is 2.17. The van der Waals surface area contributed by atoms with Gasteiger partial charge in [0.2, 0.25) is 0 Å². The molecule has 150 valence electrons. The predicted molar refractivity (Wildman–Crippen MR) is 122 cm³/mol. The molecule has 0 aromatic heterocycles. The second kappa shape index (κ2) is 9.78. The Morgan fingerprint density at radius 3 is 2.54 bits per heavy atom. The fraction of sp³-hybridized carbons (Fsp3) is 0.435. The van der Waals surface area contributed by atoms with Crippen molar-refractivity contribution in [2.45, 2.75) is 39.7 Å². The maximum Gasteiger partial charge on any atom is 0.171 e. The monoisotopic (exact) mass is 397 g/mol. The van der Waals surface area contributed by atoms with E-state index in [0.717, 1.165) is 30.4 Å². The molecule has 1 aliphatic rings. The Bertz CT molecular complexity index is 760. The van der Waals surface area contributed by atoms with Crippen molar-refractivity contribution >= 4 is 28.7 Å². The van der Waals surface area contributed by atoms with E-state index in [-0.39, 0.29) is 6.04 Å². The van der Waals surface area contributed by atoms with E-state index < -0.39 is 0 Å². The molecule has 1 heterocycles. The van der Waals surface area contributed by atoms with Crippen LogP contribution in [0.5, 0.6) is 5.75 Å². The van der Waals surface area contributed by atoms with Crippen molar-refractivity contribution in [3.8, 4) is 5.75 Å². The summed E-state index contributed by atoms with van der Waals surface area (Å²) in [4.78, 5) is 2.49. The molecule has 28 heavy (non-hydrogen) atoms. The molecule has 1 aliphatic heterocycles. The van der Waals surface area contributed by atoms with Gasteiger partial charge < -0.3 is 20.3 Å². The van der Waals surface area contributed by atoms with Crippen LogP contribution in [0.1, 0.15) is 45.2 Å². The van der Waals surface area contributed by atoms with Crippen LogP contribution in [0, 0.1) is 5.92 Å². The Morgan fingerprint density at radius 2 is 1.89 bits per heavy atom. The summed E-state index contributed by atoms with van der Waals surface area (Å²) >= 11 is 5.48. The molecule has 2 N–H and O–H groups in total. The van der Waals surface area contributed by atoms with Crippen molar-refractivity contribution in [1.29, 1.82) is 0 Å². The van der Waals surface area contributed by atoms with Crippen LogP contribution in [0.2, 0.25) is 0 Å². The van der Waals surface area contributed by atoms with E-state index in [2.05, 4.69) is 53.6 Å². The summed E-state index contributed by atoms with van der Waals surface area (Å²) in [5.41, 5.74) is 3.49. The normalized spacial score (nSPS) is 17.7. The fourth-order valence-electron chi connectivity index (χ4n) is 3.65. The van der Waals surface area contributed by atoms with Gasteiger partial charge in [0, 0.05) is 24.5 Å². The van der Waals surface area contributed by atoms with Crippen molar-refractivity contribution in [2.24, 2.45) is 5.92 Å². The SMILES string of the molecule is CCOc1ccc(NC(=S)N[C@@H](C)c2ccc(N3CCC[C@@H](C)C3)cc2)cc1. The topological polar surface area (TPSA) is 36.5 Å². The van der Waals surface area contributed by atoms with Crippen molar-refractivity contribution in [2.75, 3.05) is 29.9 Å². The third-order valence-electron chi connectivity index (χ3n) is 5.19. The first kappa shape index (κ1) is 20.5. The standard InChI is InChI=1S/C23H31N3OS/c1-4-27-22-13-9-20(10-14-22)25-23(28)24-18(3)19-7-11-21(12-8-19)26-15-5-6-17(2)16-26/h7-14,17-18H,4-6,15-16H2,1-3H3,(H2,24,25,28)/t17-,18+/m1/s1. The van der Waals surface area contributed by atoms with Crippen LogP contribution < -0.4 is 20.3 Å². The van der Waals surface area contributed by atoms with Gasteiger partial charge in [0.25, 0.3) is 0 Å². The smallest absolute Gasteiger partial charge is 0.171 e. The quantitative estimate of drug-likeness (QED) is 0.641. The van der Waals surface area contributed by atoms with Gasteiger partial charge in [-0.3, -0.25) is 0 Å². The predicted octanol–water partition coefficient (Wildman–Crippen LogP) is 5.37. The number of hydrogen-bond acceptors (Lipinski definition) is 3. The maximum atomic E-state index is 5.48. The molecular formula is C23H31N3OS. The van der Waals surface area contributed by atoms with Gasteiger partial charge in [-0.25, -0.2) is 0 Å². The lowest BCUT2D eigenvalue weighted by Gasteiger charge is -2.33. The van der Waals surface area contributed by atoms with E-state index in [1.165, 1.54) is 24.1 Å². The average Bonchev–Trinajstić information content (AvgIpc) is 2.70. The number of nitrogens with zero attached hydrogens (tertiary/aromatic N) is 1. The molecule has 2 aromatic rings. The van der Waals surface area contributed by atoms with Crippen LogP contribution in [0.15, 0.2) is 48.5 Å². The van der Waals surface area contributed by atoms with Crippen molar-refractivity contribution in [3.05, 3.63) is 54.1 Å². The van der Waals surface area contributed by atoms with E-state index in [1.54, 1.807) is 0 Å². The third-order valence-corrected chi connectivity index (χ3v) is 5.41. The lowest BCUT2D eigenvalue weighted by atomic mass is 9.99. The van der Waals surface area contributed by atoms with Crippen molar-refractivity contribution in [1.82, 2.24) is 5.32 Å². The van der Waals surface area contributed by atoms with Crippen LogP contribution in [0.3, 0.4) is 0 Å². The van der Waals surface area contributed by atoms with Crippen LogP contribution in [-0.4, -0.2) is 24.8 Å². The molecule has 5 heteroatoms. The zero-order chi connectivity index (χ0) is 19.9. The molecule has 3 rings (SSSR count). The zero-order valence-electron chi connectivity index (χ0n) is 17.1. The van der Waals surface area contributed by atoms with E-state index in [4.69, 9.17) is 17.0 Å². The number of rotatable bonds is 6. The largest absolute Gasteiger partial charge is 0.494 e. The molecule has 1 fully saturated rings. The molecular weight excluding hydrogens is 366 g/mol. The molecule has 2 atom stereocenters. The maximum absolute atomic E-state index is 5.48. The summed E-state index contributed by atoms with van der Waals surface area (Å²) in [7, 11) is 0. The average molecular weight is 398 g/mol. The van der Waals surface area contributed by atoms with Gasteiger partial charge in [-0.15, -0.1) is 0 Å². The molecule has 0 spiro atoms. The lowest BCUT2D eigenvalue weighted by molar-refractivity contribution is 0.340. The lowest BCUT2D eigenvalue weighted by Crippen LogP contribution is -2.34. The van der Waals surface area contributed by atoms with Crippen LogP contribution in [0.4, 0.5) is 11.4 Å². The Kier molecular flexibility index (Phi) is 7.15. The number of nitrogens with one attached hydrogen (secondary N) is 2. The second-order valence-electron chi connectivity index (χ2n) is 7.56. The molecule has 0 bridgehead atoms. The molecule has 0 unspecified atom stereocenters. The summed E-state index contributed by atoms with van der Waals surface area (Å²) in [5, 5.41) is 7.22. The van der Waals surface area contributed by atoms with E-state index in [1.807, 2.05) is 31.2 Å². The van der Waals surface area contributed by atoms with Crippen molar-refractivity contribution in [3.63, 3.8) is 0 Å². The second-order valence-corrected chi connectivity index (χ2v) is 7.97. The molecule has 4 nitrogen and oxygen atoms in total. The first-order valence-corrected chi connectivity index (χ1v) is 10.6. The van der Waals surface area contributed by atoms with E-state index in [0.29, 0.717) is 11.7 Å². The summed E-state index contributed by atoms with van der Waals surface area (Å²) in [6, 6.07) is 16.8. The third kappa shape index (κ3) is 5.61. The van der Waals surface area contributed by atoms with Crippen LogP contribution >= 0.6 is 12.2 Å². The van der Waals surface area contributed by atoms with Crippen molar-refractivity contribution < 1.29 is 4.74 Å². The number of benzene rings is 2. The fourth-order valence-corrected chi connectivity index (χ4v) is 3.94. The highest BCUT2D eigenvalue weighted by Crippen LogP contribution is 2.24. The highest BCUT2D eigenvalue weighted by atomic mass is 32.1. The number of ether oxygens (including phenoxy) is 1. The number of piperidine rings is 1. The molecule has 0 amide bonds. The highest BCUT2D eigenvalue weighted by molar-refractivity contribution is 7.80.